The van der Waals surface area contributed by atoms with E-state index in [0.29, 0.717) is 12.2 Å². The van der Waals surface area contributed by atoms with Crippen LogP contribution in [0, 0.1) is 0 Å². The van der Waals surface area contributed by atoms with Gasteiger partial charge in [-0.3, -0.25) is 4.79 Å². The molecule has 1 N–H and O–H groups in total. The zero-order chi connectivity index (χ0) is 15.1. The van der Waals surface area contributed by atoms with Gasteiger partial charge in [-0.05, 0) is 6.42 Å². The Bertz CT molecular complexity index is 352. The number of carbonyl (C=O) groups is 2. The number of carboxylic acid groups (broad SMARTS) is 1. The number of rotatable bonds is 8. The molecule has 1 heterocycles. The topological polar surface area (TPSA) is 80.7 Å². The average Bonchev–Trinajstić information content (AvgIpc) is 2.77. The van der Waals surface area contributed by atoms with Gasteiger partial charge in [0.2, 0.25) is 5.91 Å². The number of aliphatic hydroxyl groups is 1. The average molecular weight is 407 g/mol. The largest absolute Gasteiger partial charge is 2.00 e. The number of aliphatic hydroxyl groups excluding tert-OH is 1. The maximum atomic E-state index is 12.0. The number of likely N-dealkylation sites (tertiary alicyclic amines) is 1. The summed E-state index contributed by atoms with van der Waals surface area (Å²) in [6, 6.07) is -0.996. The van der Waals surface area contributed by atoms with Crippen LogP contribution in [0.4, 0.5) is 0 Å². The summed E-state index contributed by atoms with van der Waals surface area (Å²) in [5, 5.41) is 20.5. The summed E-state index contributed by atoms with van der Waals surface area (Å²) >= 11 is 10.1. The normalized spacial score (nSPS) is 21.7. The first-order valence-electron chi connectivity index (χ1n) is 6.88. The van der Waals surface area contributed by atoms with Gasteiger partial charge >= 0.3 is 49.0 Å². The summed E-state index contributed by atoms with van der Waals surface area (Å²) in [5.41, 5.74) is 0. The van der Waals surface area contributed by atoms with Gasteiger partial charge in [0.1, 0.15) is 0 Å². The van der Waals surface area contributed by atoms with Crippen molar-refractivity contribution in [2.75, 3.05) is 12.3 Å². The van der Waals surface area contributed by atoms with Crippen LogP contribution >= 0.6 is 0 Å². The van der Waals surface area contributed by atoms with E-state index in [1.165, 1.54) is 4.90 Å². The number of carbonyl (C=O) groups excluding carboxylic acids is 2. The third kappa shape index (κ3) is 8.90. The monoisotopic (exact) mass is 405 g/mol. The summed E-state index contributed by atoms with van der Waals surface area (Å²) in [6.45, 7) is 0.0804. The van der Waals surface area contributed by atoms with Gasteiger partial charge in [-0.2, -0.15) is 11.0 Å². The number of unbranched alkanes of at least 4 members (excludes halogenated alkanes) is 1. The van der Waals surface area contributed by atoms with E-state index < -0.39 is 18.1 Å². The van der Waals surface area contributed by atoms with E-state index in [4.69, 9.17) is 25.3 Å². The molecular weight excluding hydrogens is 387 g/mol. The van der Waals surface area contributed by atoms with E-state index in [1.54, 1.807) is 0 Å². The Labute approximate surface area is 177 Å². The van der Waals surface area contributed by atoms with Crippen LogP contribution in [0.25, 0.3) is 0 Å². The van der Waals surface area contributed by atoms with Crippen molar-refractivity contribution in [3.63, 3.8) is 0 Å². The molecule has 1 aliphatic rings. The maximum Gasteiger partial charge on any atom is 2.00 e. The minimum Gasteiger partial charge on any atom is -0.793 e. The zero-order valence-electron chi connectivity index (χ0n) is 13.0. The van der Waals surface area contributed by atoms with Crippen molar-refractivity contribution < 1.29 is 68.8 Å². The Morgan fingerprint density at radius 2 is 1.95 bits per heavy atom. The molecule has 1 aliphatic heterocycles. The molecule has 9 heteroatoms. The number of nitrogens with zero attached hydrogens (tertiary/aromatic N) is 1. The molecule has 1 fully saturated rings. The van der Waals surface area contributed by atoms with Crippen LogP contribution in [0.15, 0.2) is 0 Å². The minimum absolute atomic E-state index is 0. The molecule has 116 valence electrons. The number of aliphatic carboxylic acids is 1. The molecule has 0 aromatic heterocycles. The first-order chi connectivity index (χ1) is 9.45. The van der Waals surface area contributed by atoms with Crippen molar-refractivity contribution in [3.05, 3.63) is 0 Å². The number of hydrogen-bond acceptors (Lipinski definition) is 6. The van der Waals surface area contributed by atoms with Crippen molar-refractivity contribution in [3.8, 4) is 0 Å². The second-order valence-electron chi connectivity index (χ2n) is 5.13. The predicted octanol–water partition coefficient (Wildman–Crippen LogP) is -3.89. The molecule has 0 aromatic carbocycles. The molecule has 3 atom stereocenters. The van der Waals surface area contributed by atoms with Crippen molar-refractivity contribution >= 4 is 37.1 Å². The quantitative estimate of drug-likeness (QED) is 0.252. The molecule has 22 heavy (non-hydrogen) atoms. The number of hydrogen-bond donors (Lipinski definition) is 1. The van der Waals surface area contributed by atoms with Crippen LogP contribution < -0.4 is 34.7 Å². The Morgan fingerprint density at radius 3 is 2.50 bits per heavy atom. The Balaban J connectivity index is 0. The van der Waals surface area contributed by atoms with Gasteiger partial charge in [0.25, 0.3) is 0 Å². The van der Waals surface area contributed by atoms with Crippen LogP contribution in [0.5, 0.6) is 0 Å². The van der Waals surface area contributed by atoms with Crippen LogP contribution in [0.1, 0.15) is 38.5 Å². The molecule has 0 bridgehead atoms. The smallest absolute Gasteiger partial charge is 0.793 e. The van der Waals surface area contributed by atoms with E-state index in [9.17, 15) is 19.8 Å². The van der Waals surface area contributed by atoms with Crippen molar-refractivity contribution in [1.29, 1.82) is 0 Å². The number of carboxylic acids is 1. The molecule has 0 saturated carbocycles. The molecule has 1 saturated heterocycles. The predicted molar refractivity (Wildman–Crippen MR) is 77.6 cm³/mol. The van der Waals surface area contributed by atoms with E-state index in [-0.39, 0.29) is 79.6 Å². The van der Waals surface area contributed by atoms with Crippen LogP contribution in [0.2, 0.25) is 0 Å². The van der Waals surface area contributed by atoms with E-state index in [1.807, 2.05) is 0 Å². The third-order valence-electron chi connectivity index (χ3n) is 3.48. The van der Waals surface area contributed by atoms with Crippen molar-refractivity contribution in [2.24, 2.45) is 0 Å². The van der Waals surface area contributed by atoms with E-state index in [2.05, 4.69) is 0 Å². The van der Waals surface area contributed by atoms with E-state index in [0.717, 1.165) is 19.3 Å². The standard InChI is InChI=1S/C13H23NO4S2.Na.Zn/c15-9-7-11(13(17)18)14(8-9)12(16)4-2-1-3-10(20)5-6-19;;/h9-11,15,19-20H,1-8H2,(H,17,18);;/q;+1;+2/p-3. The third-order valence-corrected chi connectivity index (χ3v) is 4.19. The van der Waals surface area contributed by atoms with Gasteiger partial charge in [0.05, 0.1) is 18.1 Å². The number of amides is 1. The first kappa shape index (κ1) is 25.5. The summed E-state index contributed by atoms with van der Waals surface area (Å²) in [5.74, 6) is -0.877. The summed E-state index contributed by atoms with van der Waals surface area (Å²) in [4.78, 5) is 24.1. The molecule has 0 spiro atoms. The second-order valence-corrected chi connectivity index (χ2v) is 6.21. The van der Waals surface area contributed by atoms with Gasteiger partial charge in [0.15, 0.2) is 0 Å². The van der Waals surface area contributed by atoms with Crippen LogP contribution in [0.3, 0.4) is 0 Å². The fraction of sp³-hybridized carbons (Fsp3) is 0.846. The Hall–Kier alpha value is 1.22. The molecule has 1 amide bonds. The van der Waals surface area contributed by atoms with Gasteiger partial charge < -0.3 is 45.2 Å². The minimum atomic E-state index is -1.30. The number of β-amino-alcohol motifs (C(OH)–C–C–N with tert-alkyl or cyclic N) is 1. The summed E-state index contributed by atoms with van der Waals surface area (Å²) < 4.78 is 0. The van der Waals surface area contributed by atoms with E-state index >= 15 is 0 Å². The Morgan fingerprint density at radius 1 is 1.32 bits per heavy atom. The molecular formula is C13H20NNaO4S2Zn. The summed E-state index contributed by atoms with van der Waals surface area (Å²) in [7, 11) is 0. The van der Waals surface area contributed by atoms with Gasteiger partial charge in [0, 0.05) is 19.4 Å². The fourth-order valence-electron chi connectivity index (χ4n) is 2.38. The second kappa shape index (κ2) is 13.5. The molecule has 0 aliphatic carbocycles. The van der Waals surface area contributed by atoms with Gasteiger partial charge in [-0.15, -0.1) is 0 Å². The molecule has 0 aromatic rings. The molecule has 1 rings (SSSR count). The van der Waals surface area contributed by atoms with Crippen molar-refractivity contribution in [1.82, 2.24) is 4.90 Å². The van der Waals surface area contributed by atoms with Crippen molar-refractivity contribution in [2.45, 2.75) is 55.9 Å². The fourth-order valence-corrected chi connectivity index (χ4v) is 3.10. The first-order valence-corrected chi connectivity index (χ1v) is 7.93. The van der Waals surface area contributed by atoms with Gasteiger partial charge in [-0.1, -0.05) is 19.3 Å². The Kier molecular flexibility index (Phi) is 15.6. The maximum absolute atomic E-state index is 12.0. The molecule has 0 radical (unpaired) electrons. The summed E-state index contributed by atoms with van der Waals surface area (Å²) in [6.07, 6.45) is 2.77. The van der Waals surface area contributed by atoms with Crippen LogP contribution in [-0.4, -0.2) is 51.6 Å². The molecule has 5 nitrogen and oxygen atoms in total. The SMILES string of the molecule is O=C([O-])C1CC(O)CN1C(=O)CCCCC([S-])CC[S-].[Na+].[Zn+2]. The zero-order valence-corrected chi connectivity index (χ0v) is 19.6. The van der Waals surface area contributed by atoms with Gasteiger partial charge in [-0.25, -0.2) is 0 Å². The molecule has 3 unspecified atom stereocenters. The van der Waals surface area contributed by atoms with Crippen LogP contribution in [-0.2, 0) is 54.3 Å².